The van der Waals surface area contributed by atoms with Gasteiger partial charge in [0.25, 0.3) is 11.8 Å². The van der Waals surface area contributed by atoms with E-state index in [1.807, 2.05) is 13.8 Å². The third-order valence-corrected chi connectivity index (χ3v) is 7.74. The fourth-order valence-corrected chi connectivity index (χ4v) is 5.76. The Balaban J connectivity index is 1.56. The number of hydroxylamine groups is 1. The normalized spacial score (nSPS) is 29.9. The molecule has 3 N–H and O–H groups in total. The van der Waals surface area contributed by atoms with Gasteiger partial charge in [-0.2, -0.15) is 5.48 Å². The van der Waals surface area contributed by atoms with Crippen LogP contribution in [-0.4, -0.2) is 50.0 Å². The van der Waals surface area contributed by atoms with E-state index >= 15 is 0 Å². The summed E-state index contributed by atoms with van der Waals surface area (Å²) in [5.41, 5.74) is 6.07. The van der Waals surface area contributed by atoms with Gasteiger partial charge in [-0.3, -0.25) is 24.2 Å². The molecule has 2 aromatic rings. The van der Waals surface area contributed by atoms with Crippen molar-refractivity contribution < 1.29 is 23.2 Å². The first kappa shape index (κ1) is 23.8. The minimum absolute atomic E-state index is 0.00504. The second kappa shape index (κ2) is 8.07. The lowest BCUT2D eigenvalue weighted by atomic mass is 9.77. The van der Waals surface area contributed by atoms with Gasteiger partial charge in [0.15, 0.2) is 17.1 Å². The number of nitrogens with zero attached hydrogens (tertiary/aromatic N) is 3. The van der Waals surface area contributed by atoms with E-state index in [4.69, 9.17) is 22.2 Å². The quantitative estimate of drug-likeness (QED) is 0.656. The molecule has 0 aliphatic carbocycles. The first-order valence-electron chi connectivity index (χ1n) is 11.3. The van der Waals surface area contributed by atoms with Crippen LogP contribution in [0.2, 0.25) is 5.02 Å². The fourth-order valence-electron chi connectivity index (χ4n) is 5.60. The number of rotatable bonds is 3. The van der Waals surface area contributed by atoms with E-state index in [1.54, 1.807) is 9.47 Å². The molecule has 2 fully saturated rings. The van der Waals surface area contributed by atoms with Crippen molar-refractivity contribution in [2.75, 3.05) is 6.54 Å². The van der Waals surface area contributed by atoms with Gasteiger partial charge < -0.3 is 15.2 Å². The van der Waals surface area contributed by atoms with Gasteiger partial charge in [-0.15, -0.1) is 0 Å². The predicted molar refractivity (Wildman–Crippen MR) is 121 cm³/mol. The summed E-state index contributed by atoms with van der Waals surface area (Å²) in [6.45, 7) is 4.06. The molecule has 5 heterocycles. The number of fused-ring (bicyclic) bond motifs is 5. The topological polar surface area (TPSA) is 120 Å². The second-order valence-corrected chi connectivity index (χ2v) is 10.3. The van der Waals surface area contributed by atoms with Crippen LogP contribution in [0.5, 0.6) is 0 Å². The van der Waals surface area contributed by atoms with E-state index in [0.717, 1.165) is 12.3 Å². The highest BCUT2D eigenvalue weighted by Gasteiger charge is 2.56. The highest BCUT2D eigenvalue weighted by Crippen LogP contribution is 2.48. The molecule has 9 nitrogen and oxygen atoms in total. The molecular formula is C23H24ClF2N5O4. The molecule has 1 spiro atoms. The Kier molecular flexibility index (Phi) is 5.50. The van der Waals surface area contributed by atoms with Crippen molar-refractivity contribution in [3.8, 4) is 0 Å². The van der Waals surface area contributed by atoms with E-state index in [-0.39, 0.29) is 35.3 Å². The van der Waals surface area contributed by atoms with Gasteiger partial charge in [-0.1, -0.05) is 11.6 Å². The summed E-state index contributed by atoms with van der Waals surface area (Å²) in [5.74, 6) is -3.06. The third kappa shape index (κ3) is 3.73. The first-order valence-corrected chi connectivity index (χ1v) is 11.6. The molecule has 3 aliphatic heterocycles. The van der Waals surface area contributed by atoms with Crippen LogP contribution in [0.25, 0.3) is 0 Å². The Morgan fingerprint density at radius 1 is 1.40 bits per heavy atom. The van der Waals surface area contributed by atoms with Crippen LogP contribution in [0, 0.1) is 11.6 Å². The standard InChI is InChI=1S/C23H24ClF2N5O4/c1-11-3-4-23(10-22(2,29-35-23)6-14-19(26)18(24)13(25)7-28-14)17-9-30(11)21(34)15-5-16(32)12(20(27)33)8-31(15)17/h5,7-8,11,17,29H,3-4,6,9-10H2,1-2H3,(H2,27,33). The number of nitrogens with two attached hydrogens (primary N) is 1. The molecule has 2 saturated heterocycles. The number of aromatic nitrogens is 2. The fraction of sp³-hybridized carbons (Fsp3) is 0.478. The maximum absolute atomic E-state index is 14.6. The first-order chi connectivity index (χ1) is 16.4. The Morgan fingerprint density at radius 3 is 2.86 bits per heavy atom. The summed E-state index contributed by atoms with van der Waals surface area (Å²) in [6, 6.07) is 0.576. The van der Waals surface area contributed by atoms with E-state index in [0.29, 0.717) is 25.8 Å². The number of carbonyl (C=O) groups is 2. The Morgan fingerprint density at radius 2 is 2.14 bits per heavy atom. The molecule has 2 bridgehead atoms. The Hall–Kier alpha value is -2.89. The van der Waals surface area contributed by atoms with Crippen LogP contribution in [0.3, 0.4) is 0 Å². The van der Waals surface area contributed by atoms with Crippen molar-refractivity contribution in [1.82, 2.24) is 19.9 Å². The zero-order chi connectivity index (χ0) is 25.3. The second-order valence-electron chi connectivity index (χ2n) is 9.93. The lowest BCUT2D eigenvalue weighted by molar-refractivity contribution is -0.0963. The summed E-state index contributed by atoms with van der Waals surface area (Å²) >= 11 is 5.74. The number of amides is 2. The van der Waals surface area contributed by atoms with Gasteiger partial charge >= 0.3 is 0 Å². The molecule has 3 aliphatic rings. The van der Waals surface area contributed by atoms with Crippen LogP contribution in [0.1, 0.15) is 65.7 Å². The molecule has 35 heavy (non-hydrogen) atoms. The molecule has 12 heteroatoms. The molecule has 186 valence electrons. The largest absolute Gasteiger partial charge is 0.365 e. The van der Waals surface area contributed by atoms with E-state index in [2.05, 4.69) is 10.5 Å². The molecule has 4 unspecified atom stereocenters. The van der Waals surface area contributed by atoms with Crippen molar-refractivity contribution >= 4 is 23.4 Å². The Labute approximate surface area is 204 Å². The lowest BCUT2D eigenvalue weighted by Crippen LogP contribution is -2.52. The Bertz CT molecular complexity index is 1320. The maximum Gasteiger partial charge on any atom is 0.270 e. The molecule has 2 amide bonds. The zero-order valence-corrected chi connectivity index (χ0v) is 19.9. The summed E-state index contributed by atoms with van der Waals surface area (Å²) in [4.78, 5) is 49.4. The van der Waals surface area contributed by atoms with Gasteiger partial charge in [0.2, 0.25) is 0 Å². The van der Waals surface area contributed by atoms with Gasteiger partial charge in [0, 0.05) is 43.2 Å². The van der Waals surface area contributed by atoms with E-state index in [9.17, 15) is 23.2 Å². The number of halogens is 3. The number of pyridine rings is 2. The highest BCUT2D eigenvalue weighted by molar-refractivity contribution is 6.30. The molecule has 5 rings (SSSR count). The van der Waals surface area contributed by atoms with Crippen molar-refractivity contribution in [2.45, 2.75) is 62.8 Å². The molecule has 0 aromatic carbocycles. The number of primary amides is 1. The van der Waals surface area contributed by atoms with Crippen LogP contribution >= 0.6 is 11.6 Å². The van der Waals surface area contributed by atoms with Crippen LogP contribution < -0.4 is 16.6 Å². The van der Waals surface area contributed by atoms with Crippen molar-refractivity contribution in [3.05, 3.63) is 62.3 Å². The molecule has 2 aromatic heterocycles. The average molecular weight is 508 g/mol. The van der Waals surface area contributed by atoms with Crippen LogP contribution in [0.4, 0.5) is 8.78 Å². The van der Waals surface area contributed by atoms with E-state index < -0.39 is 45.2 Å². The SMILES string of the molecule is CC1CCC2(CC(C)(Cc3ncc(F)c(Cl)c3F)NO2)C2CN1C(=O)c1cc(=O)c(C(N)=O)cn12. The molecular weight excluding hydrogens is 484 g/mol. The summed E-state index contributed by atoms with van der Waals surface area (Å²) in [5, 5.41) is -0.617. The molecule has 0 radical (unpaired) electrons. The third-order valence-electron chi connectivity index (χ3n) is 7.39. The minimum Gasteiger partial charge on any atom is -0.365 e. The lowest BCUT2D eigenvalue weighted by Gasteiger charge is -2.42. The van der Waals surface area contributed by atoms with Crippen molar-refractivity contribution in [3.63, 3.8) is 0 Å². The number of hydrogen-bond acceptors (Lipinski definition) is 6. The number of carbonyl (C=O) groups excluding carboxylic acids is 2. The minimum atomic E-state index is -0.939. The van der Waals surface area contributed by atoms with Crippen molar-refractivity contribution in [1.29, 1.82) is 0 Å². The average Bonchev–Trinajstić information content (AvgIpc) is 3.09. The maximum atomic E-state index is 14.6. The van der Waals surface area contributed by atoms with Gasteiger partial charge in [0.05, 0.1) is 17.9 Å². The molecule has 4 atom stereocenters. The van der Waals surface area contributed by atoms with Gasteiger partial charge in [-0.25, -0.2) is 8.78 Å². The zero-order valence-electron chi connectivity index (χ0n) is 19.1. The van der Waals surface area contributed by atoms with Crippen molar-refractivity contribution in [2.24, 2.45) is 5.73 Å². The highest BCUT2D eigenvalue weighted by atomic mass is 35.5. The van der Waals surface area contributed by atoms with E-state index in [1.165, 1.54) is 6.20 Å². The number of nitrogens with one attached hydrogen (secondary N) is 1. The predicted octanol–water partition coefficient (Wildman–Crippen LogP) is 2.12. The summed E-state index contributed by atoms with van der Waals surface area (Å²) < 4.78 is 29.8. The number of hydrogen-bond donors (Lipinski definition) is 2. The smallest absolute Gasteiger partial charge is 0.270 e. The van der Waals surface area contributed by atoms with Crippen LogP contribution in [0.15, 0.2) is 23.3 Å². The summed E-state index contributed by atoms with van der Waals surface area (Å²) in [7, 11) is 0. The molecule has 0 saturated carbocycles. The van der Waals surface area contributed by atoms with Gasteiger partial charge in [-0.05, 0) is 26.7 Å². The van der Waals surface area contributed by atoms with Crippen LogP contribution in [-0.2, 0) is 11.3 Å². The summed E-state index contributed by atoms with van der Waals surface area (Å²) in [6.07, 6.45) is 3.82. The van der Waals surface area contributed by atoms with Gasteiger partial charge in [0.1, 0.15) is 21.9 Å². The monoisotopic (exact) mass is 507 g/mol.